The molecule has 0 aliphatic carbocycles. The topological polar surface area (TPSA) is 29.1 Å². The molecular formula is C14H11BrClNOS. The molecule has 0 aliphatic rings. The average molecular weight is 357 g/mol. The van der Waals surface area contributed by atoms with Gasteiger partial charge in [0.1, 0.15) is 0 Å². The molecule has 19 heavy (non-hydrogen) atoms. The maximum atomic E-state index is 12.2. The fourth-order valence-electron chi connectivity index (χ4n) is 1.63. The molecule has 0 unspecified atom stereocenters. The molecule has 2 rings (SSSR count). The molecule has 2 nitrogen and oxygen atoms in total. The van der Waals surface area contributed by atoms with Crippen LogP contribution in [0.3, 0.4) is 0 Å². The predicted octanol–water partition coefficient (Wildman–Crippen LogP) is 4.95. The van der Waals surface area contributed by atoms with Crippen molar-refractivity contribution in [3.8, 4) is 0 Å². The molecule has 98 valence electrons. The van der Waals surface area contributed by atoms with E-state index in [2.05, 4.69) is 33.9 Å². The van der Waals surface area contributed by atoms with E-state index in [4.69, 9.17) is 11.6 Å². The summed E-state index contributed by atoms with van der Waals surface area (Å²) < 4.78 is 0.882. The third-order valence-electron chi connectivity index (χ3n) is 2.72. The van der Waals surface area contributed by atoms with Gasteiger partial charge in [0, 0.05) is 20.1 Å². The largest absolute Gasteiger partial charge is 0.322 e. The Morgan fingerprint density at radius 1 is 1.32 bits per heavy atom. The number of anilines is 1. The summed E-state index contributed by atoms with van der Waals surface area (Å²) >= 11 is 13.7. The Balaban J connectivity index is 2.28. The van der Waals surface area contributed by atoms with E-state index in [-0.39, 0.29) is 5.91 Å². The van der Waals surface area contributed by atoms with Gasteiger partial charge in [-0.25, -0.2) is 0 Å². The van der Waals surface area contributed by atoms with Crippen LogP contribution in [0.15, 0.2) is 45.8 Å². The molecule has 0 saturated heterocycles. The first-order valence-electron chi connectivity index (χ1n) is 5.54. The van der Waals surface area contributed by atoms with Crippen LogP contribution in [-0.4, -0.2) is 5.91 Å². The summed E-state index contributed by atoms with van der Waals surface area (Å²) in [5, 5.41) is 3.46. The van der Waals surface area contributed by atoms with Crippen molar-refractivity contribution >= 4 is 51.8 Å². The number of hydrogen-bond donors (Lipinski definition) is 2. The number of carbonyl (C=O) groups is 1. The van der Waals surface area contributed by atoms with E-state index in [0.29, 0.717) is 21.2 Å². The number of hydrogen-bond acceptors (Lipinski definition) is 2. The standard InChI is InChI=1S/C14H11BrClNOS/c1-8-11(16)3-2-4-12(8)17-14(18)10-6-5-9(15)7-13(10)19/h2-7,19H,1H3,(H,17,18). The second kappa shape index (κ2) is 5.99. The summed E-state index contributed by atoms with van der Waals surface area (Å²) in [4.78, 5) is 12.8. The van der Waals surface area contributed by atoms with Crippen LogP contribution >= 0.6 is 40.2 Å². The molecule has 0 saturated carbocycles. The van der Waals surface area contributed by atoms with Gasteiger partial charge in [-0.3, -0.25) is 4.79 Å². The van der Waals surface area contributed by atoms with Crippen molar-refractivity contribution in [2.75, 3.05) is 5.32 Å². The van der Waals surface area contributed by atoms with Gasteiger partial charge in [0.05, 0.1) is 5.56 Å². The summed E-state index contributed by atoms with van der Waals surface area (Å²) in [6.45, 7) is 1.86. The normalized spacial score (nSPS) is 10.3. The lowest BCUT2D eigenvalue weighted by Gasteiger charge is -2.10. The fraction of sp³-hybridized carbons (Fsp3) is 0.0714. The molecular weight excluding hydrogens is 346 g/mol. The minimum absolute atomic E-state index is 0.206. The molecule has 0 atom stereocenters. The van der Waals surface area contributed by atoms with Crippen molar-refractivity contribution in [3.05, 3.63) is 57.0 Å². The summed E-state index contributed by atoms with van der Waals surface area (Å²) in [6.07, 6.45) is 0. The van der Waals surface area contributed by atoms with Crippen LogP contribution in [0.1, 0.15) is 15.9 Å². The Morgan fingerprint density at radius 3 is 2.74 bits per heavy atom. The first-order chi connectivity index (χ1) is 8.99. The lowest BCUT2D eigenvalue weighted by molar-refractivity contribution is 0.102. The average Bonchev–Trinajstić information content (AvgIpc) is 2.34. The Labute approximate surface area is 130 Å². The monoisotopic (exact) mass is 355 g/mol. The van der Waals surface area contributed by atoms with Gasteiger partial charge < -0.3 is 5.32 Å². The summed E-state index contributed by atoms with van der Waals surface area (Å²) in [6, 6.07) is 10.7. The lowest BCUT2D eigenvalue weighted by Crippen LogP contribution is -2.13. The first-order valence-corrected chi connectivity index (χ1v) is 7.16. The Bertz CT molecular complexity index is 645. The number of carbonyl (C=O) groups excluding carboxylic acids is 1. The van der Waals surface area contributed by atoms with Gasteiger partial charge in [-0.2, -0.15) is 0 Å². The molecule has 0 spiro atoms. The maximum absolute atomic E-state index is 12.2. The summed E-state index contributed by atoms with van der Waals surface area (Å²) in [5.74, 6) is -0.206. The van der Waals surface area contributed by atoms with Crippen LogP contribution < -0.4 is 5.32 Å². The molecule has 0 radical (unpaired) electrons. The Morgan fingerprint density at radius 2 is 2.05 bits per heavy atom. The highest BCUT2D eigenvalue weighted by Crippen LogP contribution is 2.25. The molecule has 0 aromatic heterocycles. The van der Waals surface area contributed by atoms with E-state index in [1.165, 1.54) is 0 Å². The minimum atomic E-state index is -0.206. The molecule has 2 aromatic rings. The molecule has 2 aromatic carbocycles. The fourth-order valence-corrected chi connectivity index (χ4v) is 2.66. The van der Waals surface area contributed by atoms with Gasteiger partial charge in [-0.15, -0.1) is 12.6 Å². The smallest absolute Gasteiger partial charge is 0.256 e. The van der Waals surface area contributed by atoms with E-state index < -0.39 is 0 Å². The van der Waals surface area contributed by atoms with Gasteiger partial charge in [-0.1, -0.05) is 33.6 Å². The lowest BCUT2D eigenvalue weighted by atomic mass is 10.1. The number of halogens is 2. The first kappa shape index (κ1) is 14.4. The zero-order chi connectivity index (χ0) is 14.0. The van der Waals surface area contributed by atoms with E-state index in [9.17, 15) is 4.79 Å². The third-order valence-corrected chi connectivity index (χ3v) is 3.99. The van der Waals surface area contributed by atoms with Gasteiger partial charge in [0.2, 0.25) is 0 Å². The van der Waals surface area contributed by atoms with Gasteiger partial charge in [-0.05, 0) is 42.8 Å². The van der Waals surface area contributed by atoms with Gasteiger partial charge >= 0.3 is 0 Å². The van der Waals surface area contributed by atoms with Crippen LogP contribution in [0, 0.1) is 6.92 Å². The zero-order valence-corrected chi connectivity index (χ0v) is 13.3. The number of benzene rings is 2. The molecule has 5 heteroatoms. The van der Waals surface area contributed by atoms with Crippen LogP contribution in [0.5, 0.6) is 0 Å². The minimum Gasteiger partial charge on any atom is -0.322 e. The Hall–Kier alpha value is -0.970. The number of amides is 1. The van der Waals surface area contributed by atoms with E-state index in [1.807, 2.05) is 13.0 Å². The van der Waals surface area contributed by atoms with E-state index in [1.54, 1.807) is 30.3 Å². The van der Waals surface area contributed by atoms with Crippen LogP contribution in [0.4, 0.5) is 5.69 Å². The van der Waals surface area contributed by atoms with Gasteiger partial charge in [0.25, 0.3) is 5.91 Å². The number of thiol groups is 1. The summed E-state index contributed by atoms with van der Waals surface area (Å²) in [5.41, 5.74) is 2.06. The van der Waals surface area contributed by atoms with Crippen molar-refractivity contribution in [1.29, 1.82) is 0 Å². The number of nitrogens with one attached hydrogen (secondary N) is 1. The SMILES string of the molecule is Cc1c(Cl)cccc1NC(=O)c1ccc(Br)cc1S. The van der Waals surface area contributed by atoms with Crippen molar-refractivity contribution in [2.45, 2.75) is 11.8 Å². The second-order valence-electron chi connectivity index (χ2n) is 4.03. The number of rotatable bonds is 2. The second-order valence-corrected chi connectivity index (χ2v) is 5.83. The quantitative estimate of drug-likeness (QED) is 0.732. The maximum Gasteiger partial charge on any atom is 0.256 e. The van der Waals surface area contributed by atoms with Crippen LogP contribution in [0.2, 0.25) is 5.02 Å². The van der Waals surface area contributed by atoms with E-state index in [0.717, 1.165) is 10.0 Å². The molecule has 0 fully saturated rings. The van der Waals surface area contributed by atoms with E-state index >= 15 is 0 Å². The highest BCUT2D eigenvalue weighted by atomic mass is 79.9. The van der Waals surface area contributed by atoms with Crippen LogP contribution in [-0.2, 0) is 0 Å². The molecule has 1 N–H and O–H groups in total. The molecule has 0 bridgehead atoms. The van der Waals surface area contributed by atoms with Crippen molar-refractivity contribution < 1.29 is 4.79 Å². The van der Waals surface area contributed by atoms with Crippen LogP contribution in [0.25, 0.3) is 0 Å². The van der Waals surface area contributed by atoms with Crippen molar-refractivity contribution in [2.24, 2.45) is 0 Å². The summed E-state index contributed by atoms with van der Waals surface area (Å²) in [7, 11) is 0. The highest BCUT2D eigenvalue weighted by Gasteiger charge is 2.12. The Kier molecular flexibility index (Phi) is 4.55. The van der Waals surface area contributed by atoms with Crippen molar-refractivity contribution in [1.82, 2.24) is 0 Å². The molecule has 1 amide bonds. The van der Waals surface area contributed by atoms with Gasteiger partial charge in [0.15, 0.2) is 0 Å². The zero-order valence-electron chi connectivity index (χ0n) is 10.1. The third kappa shape index (κ3) is 3.32. The molecule has 0 heterocycles. The predicted molar refractivity (Wildman–Crippen MR) is 85.5 cm³/mol. The van der Waals surface area contributed by atoms with Crippen molar-refractivity contribution in [3.63, 3.8) is 0 Å². The highest BCUT2D eigenvalue weighted by molar-refractivity contribution is 9.10. The molecule has 0 aliphatic heterocycles.